The van der Waals surface area contributed by atoms with E-state index in [9.17, 15) is 4.79 Å². The van der Waals surface area contributed by atoms with Crippen LogP contribution in [0.5, 0.6) is 0 Å². The Kier molecular flexibility index (Phi) is 3.87. The van der Waals surface area contributed by atoms with Crippen LogP contribution in [0.25, 0.3) is 0 Å². The van der Waals surface area contributed by atoms with Crippen molar-refractivity contribution >= 4 is 5.91 Å². The van der Waals surface area contributed by atoms with Gasteiger partial charge in [0.2, 0.25) is 5.91 Å². The minimum atomic E-state index is 0.0177. The van der Waals surface area contributed by atoms with Crippen LogP contribution in [0.15, 0.2) is 12.2 Å². The molecule has 0 saturated heterocycles. The summed E-state index contributed by atoms with van der Waals surface area (Å²) in [6.07, 6.45) is 9.71. The number of hydrogen-bond donors (Lipinski definition) is 1. The number of nitrogens with zero attached hydrogens (tertiary/aromatic N) is 1. The van der Waals surface area contributed by atoms with Crippen molar-refractivity contribution < 1.29 is 4.79 Å². The van der Waals surface area contributed by atoms with Crippen molar-refractivity contribution in [3.05, 3.63) is 12.2 Å². The Morgan fingerprint density at radius 3 is 2.59 bits per heavy atom. The third-order valence-corrected chi connectivity index (χ3v) is 4.35. The Balaban J connectivity index is 1.96. The molecule has 0 heterocycles. The van der Waals surface area contributed by atoms with Gasteiger partial charge in [-0.2, -0.15) is 0 Å². The maximum Gasteiger partial charge on any atom is 0.229 e. The zero-order valence-electron chi connectivity index (χ0n) is 10.9. The average Bonchev–Trinajstić information content (AvgIpc) is 2.75. The molecule has 1 amide bonds. The van der Waals surface area contributed by atoms with E-state index < -0.39 is 0 Å². The van der Waals surface area contributed by atoms with Crippen LogP contribution in [0.1, 0.15) is 39.0 Å². The lowest BCUT2D eigenvalue weighted by atomic mass is 9.84. The lowest BCUT2D eigenvalue weighted by Crippen LogP contribution is -2.45. The summed E-state index contributed by atoms with van der Waals surface area (Å²) >= 11 is 0. The van der Waals surface area contributed by atoms with Gasteiger partial charge in [0.1, 0.15) is 0 Å². The average molecular weight is 236 g/mol. The molecule has 0 aromatic rings. The van der Waals surface area contributed by atoms with E-state index in [4.69, 9.17) is 5.73 Å². The number of carbonyl (C=O) groups is 1. The predicted molar refractivity (Wildman–Crippen MR) is 69.4 cm³/mol. The molecule has 0 aliphatic heterocycles. The summed E-state index contributed by atoms with van der Waals surface area (Å²) in [6, 6.07) is 0.502. The molecule has 0 aromatic carbocycles. The molecule has 4 unspecified atom stereocenters. The Bertz CT molecular complexity index is 313. The highest BCUT2D eigenvalue weighted by atomic mass is 16.2. The molecule has 1 saturated carbocycles. The SMILES string of the molecule is CC1CCCCC1N(C)C(=O)C1C=CC(N)C1. The van der Waals surface area contributed by atoms with Crippen LogP contribution < -0.4 is 5.73 Å². The third kappa shape index (κ3) is 2.71. The van der Waals surface area contributed by atoms with E-state index in [1.807, 2.05) is 24.1 Å². The number of amides is 1. The number of rotatable bonds is 2. The van der Waals surface area contributed by atoms with Crippen LogP contribution >= 0.6 is 0 Å². The minimum absolute atomic E-state index is 0.0177. The van der Waals surface area contributed by atoms with Crippen LogP contribution in [0.3, 0.4) is 0 Å². The predicted octanol–water partition coefficient (Wildman–Crippen LogP) is 1.93. The molecule has 96 valence electrons. The van der Waals surface area contributed by atoms with Gasteiger partial charge in [-0.15, -0.1) is 0 Å². The Morgan fingerprint density at radius 2 is 2.00 bits per heavy atom. The van der Waals surface area contributed by atoms with Gasteiger partial charge in [0.05, 0.1) is 5.92 Å². The molecular weight excluding hydrogens is 212 g/mol. The topological polar surface area (TPSA) is 46.3 Å². The van der Waals surface area contributed by atoms with E-state index in [2.05, 4.69) is 6.92 Å². The van der Waals surface area contributed by atoms with Gasteiger partial charge in [0.25, 0.3) is 0 Å². The van der Waals surface area contributed by atoms with Crippen molar-refractivity contribution in [2.24, 2.45) is 17.6 Å². The van der Waals surface area contributed by atoms with Crippen molar-refractivity contribution in [3.63, 3.8) is 0 Å². The normalized spacial score (nSPS) is 37.1. The van der Waals surface area contributed by atoms with Gasteiger partial charge in [-0.3, -0.25) is 4.79 Å². The van der Waals surface area contributed by atoms with E-state index in [-0.39, 0.29) is 17.9 Å². The molecule has 2 N–H and O–H groups in total. The van der Waals surface area contributed by atoms with Crippen LogP contribution in [0.2, 0.25) is 0 Å². The van der Waals surface area contributed by atoms with Crippen molar-refractivity contribution in [2.75, 3.05) is 7.05 Å². The van der Waals surface area contributed by atoms with Gasteiger partial charge in [0.15, 0.2) is 0 Å². The molecule has 4 atom stereocenters. The summed E-state index contributed by atoms with van der Waals surface area (Å²) in [5.74, 6) is 0.911. The van der Waals surface area contributed by atoms with Crippen LogP contribution in [0.4, 0.5) is 0 Å². The Hall–Kier alpha value is -0.830. The highest BCUT2D eigenvalue weighted by molar-refractivity contribution is 5.81. The molecule has 1 fully saturated rings. The van der Waals surface area contributed by atoms with E-state index in [1.54, 1.807) is 0 Å². The summed E-state index contributed by atoms with van der Waals surface area (Å²) in [5.41, 5.74) is 5.81. The second-order valence-corrected chi connectivity index (χ2v) is 5.67. The highest BCUT2D eigenvalue weighted by Gasteiger charge is 2.32. The molecule has 0 radical (unpaired) electrons. The summed E-state index contributed by atoms with van der Waals surface area (Å²) in [7, 11) is 1.96. The molecule has 17 heavy (non-hydrogen) atoms. The quantitative estimate of drug-likeness (QED) is 0.745. The summed E-state index contributed by atoms with van der Waals surface area (Å²) < 4.78 is 0. The Morgan fingerprint density at radius 1 is 1.29 bits per heavy atom. The largest absolute Gasteiger partial charge is 0.342 e. The van der Waals surface area contributed by atoms with Crippen molar-refractivity contribution in [1.82, 2.24) is 4.90 Å². The standard InChI is InChI=1S/C14H24N2O/c1-10-5-3-4-6-13(10)16(2)14(17)11-7-8-12(15)9-11/h7-8,10-13H,3-6,9,15H2,1-2H3. The first-order valence-corrected chi connectivity index (χ1v) is 6.80. The first kappa shape index (κ1) is 12.6. The van der Waals surface area contributed by atoms with Crippen LogP contribution in [-0.4, -0.2) is 29.9 Å². The van der Waals surface area contributed by atoms with Gasteiger partial charge in [-0.25, -0.2) is 0 Å². The number of nitrogens with two attached hydrogens (primary N) is 1. The fourth-order valence-corrected chi connectivity index (χ4v) is 3.21. The second kappa shape index (κ2) is 5.21. The van der Waals surface area contributed by atoms with Crippen LogP contribution in [-0.2, 0) is 4.79 Å². The summed E-state index contributed by atoms with van der Waals surface area (Å²) in [4.78, 5) is 14.3. The number of hydrogen-bond acceptors (Lipinski definition) is 2. The summed E-state index contributed by atoms with van der Waals surface area (Å²) in [6.45, 7) is 2.27. The zero-order valence-corrected chi connectivity index (χ0v) is 10.9. The van der Waals surface area contributed by atoms with Gasteiger partial charge in [-0.1, -0.05) is 31.9 Å². The molecular formula is C14H24N2O. The van der Waals surface area contributed by atoms with Gasteiger partial charge in [0, 0.05) is 19.1 Å². The monoisotopic (exact) mass is 236 g/mol. The number of carbonyl (C=O) groups excluding carboxylic acids is 1. The van der Waals surface area contributed by atoms with Crippen molar-refractivity contribution in [2.45, 2.75) is 51.1 Å². The lowest BCUT2D eigenvalue weighted by Gasteiger charge is -2.37. The fourth-order valence-electron chi connectivity index (χ4n) is 3.21. The van der Waals surface area contributed by atoms with E-state index in [0.717, 1.165) is 12.8 Å². The molecule has 3 nitrogen and oxygen atoms in total. The molecule has 0 aromatic heterocycles. The molecule has 2 aliphatic rings. The minimum Gasteiger partial charge on any atom is -0.342 e. The summed E-state index contributed by atoms with van der Waals surface area (Å²) in [5, 5.41) is 0. The maximum absolute atomic E-state index is 12.4. The molecule has 3 heteroatoms. The van der Waals surface area contributed by atoms with E-state index >= 15 is 0 Å². The van der Waals surface area contributed by atoms with Crippen molar-refractivity contribution in [3.8, 4) is 0 Å². The molecule has 0 bridgehead atoms. The van der Waals surface area contributed by atoms with E-state index in [0.29, 0.717) is 12.0 Å². The smallest absolute Gasteiger partial charge is 0.229 e. The maximum atomic E-state index is 12.4. The highest BCUT2D eigenvalue weighted by Crippen LogP contribution is 2.29. The third-order valence-electron chi connectivity index (χ3n) is 4.35. The molecule has 0 spiro atoms. The Labute approximate surface area is 104 Å². The van der Waals surface area contributed by atoms with E-state index in [1.165, 1.54) is 19.3 Å². The van der Waals surface area contributed by atoms with Gasteiger partial charge < -0.3 is 10.6 Å². The van der Waals surface area contributed by atoms with Crippen molar-refractivity contribution in [1.29, 1.82) is 0 Å². The zero-order chi connectivity index (χ0) is 12.4. The van der Waals surface area contributed by atoms with Gasteiger partial charge >= 0.3 is 0 Å². The molecule has 2 aliphatic carbocycles. The van der Waals surface area contributed by atoms with Crippen LogP contribution in [0, 0.1) is 11.8 Å². The first-order chi connectivity index (χ1) is 8.09. The lowest BCUT2D eigenvalue weighted by molar-refractivity contribution is -0.136. The molecule has 2 rings (SSSR count). The van der Waals surface area contributed by atoms with Gasteiger partial charge in [-0.05, 0) is 25.2 Å². The second-order valence-electron chi connectivity index (χ2n) is 5.67. The fraction of sp³-hybridized carbons (Fsp3) is 0.786. The first-order valence-electron chi connectivity index (χ1n) is 6.80.